The Bertz CT molecular complexity index is 929. The molecule has 9 nitrogen and oxygen atoms in total. The molecule has 0 saturated carbocycles. The van der Waals surface area contributed by atoms with E-state index in [1.807, 2.05) is 29.2 Å². The molecule has 0 spiro atoms. The van der Waals surface area contributed by atoms with Crippen LogP contribution in [0.15, 0.2) is 29.2 Å². The molecule has 0 aliphatic carbocycles. The SMILES string of the molecule is CSC(=Cc1ccccc1N1CCCN(C(=O)CCCNC(=O)OC(C)(C)C)CC1)C(=O)NC=O. The van der Waals surface area contributed by atoms with Crippen molar-refractivity contribution in [2.45, 2.75) is 45.6 Å². The molecule has 192 valence electrons. The molecule has 0 aromatic heterocycles. The number of alkyl carbamates (subject to hydrolysis) is 1. The van der Waals surface area contributed by atoms with Gasteiger partial charge in [-0.25, -0.2) is 4.79 Å². The standard InChI is InChI=1S/C25H36N4O5S/c1-25(2,3)34-24(33)26-12-7-11-22(31)29-14-8-13-28(15-16-29)20-10-6-5-9-19(20)17-21(35-4)23(32)27-18-30/h5-6,9-10,17-18H,7-8,11-16H2,1-4H3,(H,26,33)(H,27,30,32). The molecule has 1 heterocycles. The molecule has 1 saturated heterocycles. The number of rotatable bonds is 9. The highest BCUT2D eigenvalue weighted by Gasteiger charge is 2.21. The normalized spacial score (nSPS) is 14.7. The number of carbonyl (C=O) groups excluding carboxylic acids is 4. The van der Waals surface area contributed by atoms with Gasteiger partial charge in [0, 0.05) is 44.8 Å². The molecule has 1 aliphatic heterocycles. The van der Waals surface area contributed by atoms with Gasteiger partial charge in [0.2, 0.25) is 12.3 Å². The van der Waals surface area contributed by atoms with Crippen LogP contribution in [0.3, 0.4) is 0 Å². The van der Waals surface area contributed by atoms with E-state index in [2.05, 4.69) is 15.5 Å². The highest BCUT2D eigenvalue weighted by Crippen LogP contribution is 2.26. The Morgan fingerprint density at radius 3 is 2.54 bits per heavy atom. The summed E-state index contributed by atoms with van der Waals surface area (Å²) < 4.78 is 5.20. The summed E-state index contributed by atoms with van der Waals surface area (Å²) in [6.45, 7) is 8.52. The van der Waals surface area contributed by atoms with Gasteiger partial charge in [0.15, 0.2) is 0 Å². The molecule has 35 heavy (non-hydrogen) atoms. The lowest BCUT2D eigenvalue weighted by Gasteiger charge is -2.25. The van der Waals surface area contributed by atoms with Crippen molar-refractivity contribution in [1.82, 2.24) is 15.5 Å². The first-order valence-corrected chi connectivity index (χ1v) is 13.0. The monoisotopic (exact) mass is 504 g/mol. The number of nitrogens with one attached hydrogen (secondary N) is 2. The minimum atomic E-state index is -0.550. The first-order chi connectivity index (χ1) is 16.6. The summed E-state index contributed by atoms with van der Waals surface area (Å²) in [5, 5.41) is 4.87. The fraction of sp³-hybridized carbons (Fsp3) is 0.520. The Morgan fingerprint density at radius 1 is 1.11 bits per heavy atom. The number of ether oxygens (including phenoxy) is 1. The third kappa shape index (κ3) is 9.64. The summed E-state index contributed by atoms with van der Waals surface area (Å²) in [4.78, 5) is 51.8. The minimum Gasteiger partial charge on any atom is -0.444 e. The number of benzene rings is 1. The maximum atomic E-state index is 12.7. The lowest BCUT2D eigenvalue weighted by Crippen LogP contribution is -2.36. The molecule has 1 aromatic rings. The number of amides is 4. The van der Waals surface area contributed by atoms with Crippen molar-refractivity contribution in [2.75, 3.05) is 43.9 Å². The average Bonchev–Trinajstić information content (AvgIpc) is 3.05. The van der Waals surface area contributed by atoms with Crippen molar-refractivity contribution in [3.63, 3.8) is 0 Å². The van der Waals surface area contributed by atoms with Crippen LogP contribution in [-0.2, 0) is 19.1 Å². The zero-order valence-electron chi connectivity index (χ0n) is 21.0. The van der Waals surface area contributed by atoms with Crippen LogP contribution in [-0.4, -0.2) is 73.8 Å². The van der Waals surface area contributed by atoms with E-state index in [-0.39, 0.29) is 5.91 Å². The fourth-order valence-electron chi connectivity index (χ4n) is 3.69. The number of nitrogens with zero attached hydrogens (tertiary/aromatic N) is 2. The number of hydrogen-bond acceptors (Lipinski definition) is 7. The van der Waals surface area contributed by atoms with Crippen molar-refractivity contribution in [1.29, 1.82) is 0 Å². The molecular weight excluding hydrogens is 468 g/mol. The molecule has 2 rings (SSSR count). The van der Waals surface area contributed by atoms with E-state index < -0.39 is 17.6 Å². The number of para-hydroxylation sites is 1. The van der Waals surface area contributed by atoms with E-state index in [0.29, 0.717) is 50.3 Å². The third-order valence-corrected chi connectivity index (χ3v) is 6.03. The van der Waals surface area contributed by atoms with E-state index in [0.717, 1.165) is 24.2 Å². The maximum Gasteiger partial charge on any atom is 0.407 e. The van der Waals surface area contributed by atoms with E-state index in [1.165, 1.54) is 11.8 Å². The predicted octanol–water partition coefficient (Wildman–Crippen LogP) is 3.01. The van der Waals surface area contributed by atoms with Crippen molar-refractivity contribution in [2.24, 2.45) is 0 Å². The fourth-order valence-corrected chi connectivity index (χ4v) is 4.18. The van der Waals surface area contributed by atoms with E-state index >= 15 is 0 Å². The van der Waals surface area contributed by atoms with Crippen LogP contribution < -0.4 is 15.5 Å². The number of anilines is 1. The van der Waals surface area contributed by atoms with Crippen LogP contribution >= 0.6 is 11.8 Å². The zero-order valence-corrected chi connectivity index (χ0v) is 21.8. The molecule has 0 atom stereocenters. The lowest BCUT2D eigenvalue weighted by molar-refractivity contribution is -0.131. The van der Waals surface area contributed by atoms with Gasteiger partial charge in [0.05, 0.1) is 4.91 Å². The highest BCUT2D eigenvalue weighted by atomic mass is 32.2. The maximum absolute atomic E-state index is 12.7. The molecule has 1 aliphatic rings. The average molecular weight is 505 g/mol. The number of thioether (sulfide) groups is 1. The van der Waals surface area contributed by atoms with Gasteiger partial charge in [-0.05, 0) is 57.6 Å². The molecule has 4 amide bonds. The molecule has 10 heteroatoms. The second-order valence-corrected chi connectivity index (χ2v) is 9.96. The van der Waals surface area contributed by atoms with Gasteiger partial charge in [-0.2, -0.15) is 0 Å². The Morgan fingerprint density at radius 2 is 1.86 bits per heavy atom. The van der Waals surface area contributed by atoms with Crippen molar-refractivity contribution in [3.8, 4) is 0 Å². The van der Waals surface area contributed by atoms with E-state index in [9.17, 15) is 19.2 Å². The molecule has 0 radical (unpaired) electrons. The number of imide groups is 1. The largest absolute Gasteiger partial charge is 0.444 e. The smallest absolute Gasteiger partial charge is 0.407 e. The predicted molar refractivity (Wildman–Crippen MR) is 139 cm³/mol. The van der Waals surface area contributed by atoms with E-state index in [1.54, 1.807) is 33.1 Å². The second kappa shape index (κ2) is 13.8. The number of hydrogen-bond donors (Lipinski definition) is 2. The van der Waals surface area contributed by atoms with Crippen LogP contribution in [0.4, 0.5) is 10.5 Å². The van der Waals surface area contributed by atoms with Crippen molar-refractivity contribution >= 4 is 47.8 Å². The Balaban J connectivity index is 1.94. The Labute approximate surface area is 211 Å². The summed E-state index contributed by atoms with van der Waals surface area (Å²) in [6, 6.07) is 7.79. The van der Waals surface area contributed by atoms with Gasteiger partial charge < -0.3 is 19.9 Å². The Kier molecular flexibility index (Phi) is 11.1. The molecule has 1 aromatic carbocycles. The van der Waals surface area contributed by atoms with Crippen LogP contribution in [0, 0.1) is 0 Å². The third-order valence-electron chi connectivity index (χ3n) is 5.28. The molecule has 2 N–H and O–H groups in total. The number of carbonyl (C=O) groups is 4. The zero-order chi connectivity index (χ0) is 25.8. The van der Waals surface area contributed by atoms with Gasteiger partial charge in [0.1, 0.15) is 5.60 Å². The molecule has 0 unspecified atom stereocenters. The van der Waals surface area contributed by atoms with Crippen LogP contribution in [0.5, 0.6) is 0 Å². The minimum absolute atomic E-state index is 0.0706. The van der Waals surface area contributed by atoms with Crippen LogP contribution in [0.25, 0.3) is 6.08 Å². The Hall–Kier alpha value is -3.01. The first-order valence-electron chi connectivity index (χ1n) is 11.7. The summed E-state index contributed by atoms with van der Waals surface area (Å²) >= 11 is 1.27. The van der Waals surface area contributed by atoms with Crippen molar-refractivity contribution < 1.29 is 23.9 Å². The quantitative estimate of drug-likeness (QED) is 0.302. The summed E-state index contributed by atoms with van der Waals surface area (Å²) in [5.41, 5.74) is 1.31. The van der Waals surface area contributed by atoms with Crippen molar-refractivity contribution in [3.05, 3.63) is 34.7 Å². The van der Waals surface area contributed by atoms with Crippen LogP contribution in [0.1, 0.15) is 45.6 Å². The topological polar surface area (TPSA) is 108 Å². The van der Waals surface area contributed by atoms with Crippen LogP contribution in [0.2, 0.25) is 0 Å². The van der Waals surface area contributed by atoms with Gasteiger partial charge in [0.25, 0.3) is 5.91 Å². The second-order valence-electron chi connectivity index (χ2n) is 9.12. The highest BCUT2D eigenvalue weighted by molar-refractivity contribution is 8.03. The van der Waals surface area contributed by atoms with Gasteiger partial charge in [-0.15, -0.1) is 11.8 Å². The van der Waals surface area contributed by atoms with E-state index in [4.69, 9.17) is 4.74 Å². The summed E-state index contributed by atoms with van der Waals surface area (Å²) in [5.74, 6) is -0.364. The lowest BCUT2D eigenvalue weighted by atomic mass is 10.1. The van der Waals surface area contributed by atoms with Gasteiger partial charge in [-0.3, -0.25) is 19.7 Å². The molecule has 1 fully saturated rings. The summed E-state index contributed by atoms with van der Waals surface area (Å²) in [7, 11) is 0. The van der Waals surface area contributed by atoms with Gasteiger partial charge >= 0.3 is 6.09 Å². The first kappa shape index (κ1) is 28.2. The molecular formula is C25H36N4O5S. The summed E-state index contributed by atoms with van der Waals surface area (Å²) in [6.07, 6.45) is 5.20. The van der Waals surface area contributed by atoms with Gasteiger partial charge in [-0.1, -0.05) is 18.2 Å². The molecule has 0 bridgehead atoms.